The van der Waals surface area contributed by atoms with Crippen molar-refractivity contribution < 1.29 is 0 Å². The van der Waals surface area contributed by atoms with Crippen LogP contribution in [0.15, 0.2) is 36.5 Å². The van der Waals surface area contributed by atoms with E-state index in [1.165, 1.54) is 5.56 Å². The fraction of sp³-hybridized carbons (Fsp3) is 0.375. The molecule has 0 saturated carbocycles. The van der Waals surface area contributed by atoms with Crippen LogP contribution < -0.4 is 5.73 Å². The molecule has 0 aliphatic rings. The standard InChI is InChI=1S/C16H21N3/c1-3-12-5-7-14(8-6-12)15-9-10-18-16(19-15)13(4-2)11-17/h5-10,13H,3-4,11,17H2,1-2H3. The van der Waals surface area contributed by atoms with Gasteiger partial charge < -0.3 is 5.73 Å². The smallest absolute Gasteiger partial charge is 0.133 e. The Labute approximate surface area is 114 Å². The highest BCUT2D eigenvalue weighted by atomic mass is 14.9. The monoisotopic (exact) mass is 255 g/mol. The summed E-state index contributed by atoms with van der Waals surface area (Å²) in [6.45, 7) is 4.86. The van der Waals surface area contributed by atoms with Gasteiger partial charge >= 0.3 is 0 Å². The molecule has 3 nitrogen and oxygen atoms in total. The Morgan fingerprint density at radius 2 is 1.84 bits per heavy atom. The maximum absolute atomic E-state index is 5.76. The Morgan fingerprint density at radius 1 is 1.11 bits per heavy atom. The minimum Gasteiger partial charge on any atom is -0.330 e. The average Bonchev–Trinajstić information content (AvgIpc) is 2.49. The summed E-state index contributed by atoms with van der Waals surface area (Å²) in [6.07, 6.45) is 3.85. The summed E-state index contributed by atoms with van der Waals surface area (Å²) in [5, 5.41) is 0. The number of hydrogen-bond acceptors (Lipinski definition) is 3. The summed E-state index contributed by atoms with van der Waals surface area (Å²) >= 11 is 0. The highest BCUT2D eigenvalue weighted by Crippen LogP contribution is 2.20. The van der Waals surface area contributed by atoms with E-state index in [-0.39, 0.29) is 5.92 Å². The van der Waals surface area contributed by atoms with Crippen molar-refractivity contribution in [1.29, 1.82) is 0 Å². The zero-order valence-electron chi connectivity index (χ0n) is 11.6. The third kappa shape index (κ3) is 3.18. The Morgan fingerprint density at radius 3 is 2.42 bits per heavy atom. The first-order valence-electron chi connectivity index (χ1n) is 6.90. The predicted molar refractivity (Wildman–Crippen MR) is 78.9 cm³/mol. The van der Waals surface area contributed by atoms with Crippen molar-refractivity contribution in [3.63, 3.8) is 0 Å². The maximum atomic E-state index is 5.76. The van der Waals surface area contributed by atoms with Crippen LogP contribution in [-0.2, 0) is 6.42 Å². The van der Waals surface area contributed by atoms with Gasteiger partial charge in [-0.3, -0.25) is 0 Å². The van der Waals surface area contributed by atoms with Crippen molar-refractivity contribution in [2.75, 3.05) is 6.54 Å². The Hall–Kier alpha value is -1.74. The van der Waals surface area contributed by atoms with E-state index in [9.17, 15) is 0 Å². The van der Waals surface area contributed by atoms with Crippen LogP contribution in [0.4, 0.5) is 0 Å². The summed E-state index contributed by atoms with van der Waals surface area (Å²) in [7, 11) is 0. The molecule has 0 radical (unpaired) electrons. The number of benzene rings is 1. The molecule has 0 fully saturated rings. The van der Waals surface area contributed by atoms with Gasteiger partial charge in [0.15, 0.2) is 0 Å². The van der Waals surface area contributed by atoms with Gasteiger partial charge in [0.05, 0.1) is 5.69 Å². The number of nitrogens with two attached hydrogens (primary N) is 1. The van der Waals surface area contributed by atoms with E-state index in [4.69, 9.17) is 5.73 Å². The molecule has 1 atom stereocenters. The lowest BCUT2D eigenvalue weighted by Gasteiger charge is -2.11. The molecule has 3 heteroatoms. The first kappa shape index (κ1) is 13.7. The molecule has 1 heterocycles. The summed E-state index contributed by atoms with van der Waals surface area (Å²) < 4.78 is 0. The second kappa shape index (κ2) is 6.43. The van der Waals surface area contributed by atoms with Gasteiger partial charge in [-0.2, -0.15) is 0 Å². The van der Waals surface area contributed by atoms with E-state index >= 15 is 0 Å². The van der Waals surface area contributed by atoms with Gasteiger partial charge in [0, 0.05) is 24.2 Å². The van der Waals surface area contributed by atoms with E-state index < -0.39 is 0 Å². The number of nitrogens with zero attached hydrogens (tertiary/aromatic N) is 2. The average molecular weight is 255 g/mol. The van der Waals surface area contributed by atoms with Gasteiger partial charge in [0.1, 0.15) is 5.82 Å². The van der Waals surface area contributed by atoms with Gasteiger partial charge in [-0.15, -0.1) is 0 Å². The fourth-order valence-corrected chi connectivity index (χ4v) is 2.10. The van der Waals surface area contributed by atoms with Crippen molar-refractivity contribution in [2.24, 2.45) is 5.73 Å². The largest absolute Gasteiger partial charge is 0.330 e. The van der Waals surface area contributed by atoms with E-state index in [1.54, 1.807) is 0 Å². The number of hydrogen-bond donors (Lipinski definition) is 1. The second-order valence-corrected chi connectivity index (χ2v) is 4.69. The quantitative estimate of drug-likeness (QED) is 0.893. The van der Waals surface area contributed by atoms with Crippen molar-refractivity contribution >= 4 is 0 Å². The normalized spacial score (nSPS) is 12.4. The van der Waals surface area contributed by atoms with Crippen molar-refractivity contribution in [2.45, 2.75) is 32.6 Å². The molecule has 1 aromatic heterocycles. The summed E-state index contributed by atoms with van der Waals surface area (Å²) in [5.74, 6) is 1.09. The lowest BCUT2D eigenvalue weighted by atomic mass is 10.0. The molecule has 19 heavy (non-hydrogen) atoms. The Balaban J connectivity index is 2.31. The molecule has 1 unspecified atom stereocenters. The van der Waals surface area contributed by atoms with E-state index in [0.717, 1.165) is 29.9 Å². The molecule has 0 amide bonds. The fourth-order valence-electron chi connectivity index (χ4n) is 2.10. The van der Waals surface area contributed by atoms with Gasteiger partial charge in [-0.05, 0) is 24.5 Å². The van der Waals surface area contributed by atoms with Crippen LogP contribution in [0.2, 0.25) is 0 Å². The van der Waals surface area contributed by atoms with Crippen molar-refractivity contribution in [3.8, 4) is 11.3 Å². The molecular formula is C16H21N3. The first-order valence-corrected chi connectivity index (χ1v) is 6.90. The Kier molecular flexibility index (Phi) is 4.63. The van der Waals surface area contributed by atoms with E-state index in [2.05, 4.69) is 48.1 Å². The number of aromatic nitrogens is 2. The van der Waals surface area contributed by atoms with Crippen LogP contribution in [0.5, 0.6) is 0 Å². The van der Waals surface area contributed by atoms with Crippen molar-refractivity contribution in [1.82, 2.24) is 9.97 Å². The predicted octanol–water partition coefficient (Wildman–Crippen LogP) is 3.16. The van der Waals surface area contributed by atoms with Crippen LogP contribution in [0.1, 0.15) is 37.6 Å². The summed E-state index contributed by atoms with van der Waals surface area (Å²) in [5.41, 5.74) is 9.21. The molecule has 2 rings (SSSR count). The first-order chi connectivity index (χ1) is 9.28. The van der Waals surface area contributed by atoms with Gasteiger partial charge in [0.2, 0.25) is 0 Å². The molecule has 0 saturated heterocycles. The number of aryl methyl sites for hydroxylation is 1. The molecule has 2 N–H and O–H groups in total. The summed E-state index contributed by atoms with van der Waals surface area (Å²) in [6, 6.07) is 10.5. The van der Waals surface area contributed by atoms with E-state index in [0.29, 0.717) is 6.54 Å². The molecule has 0 aliphatic heterocycles. The highest BCUT2D eigenvalue weighted by Gasteiger charge is 2.11. The van der Waals surface area contributed by atoms with Crippen LogP contribution >= 0.6 is 0 Å². The molecule has 0 spiro atoms. The lowest BCUT2D eigenvalue weighted by Crippen LogP contribution is -2.14. The van der Waals surface area contributed by atoms with Crippen LogP contribution in [0, 0.1) is 0 Å². The number of rotatable bonds is 5. The molecule has 100 valence electrons. The topological polar surface area (TPSA) is 51.8 Å². The van der Waals surface area contributed by atoms with Crippen LogP contribution in [-0.4, -0.2) is 16.5 Å². The molecule has 2 aromatic rings. The SMILES string of the molecule is CCc1ccc(-c2ccnc(C(CC)CN)n2)cc1. The van der Waals surface area contributed by atoms with Crippen LogP contribution in [0.25, 0.3) is 11.3 Å². The minimum atomic E-state index is 0.245. The second-order valence-electron chi connectivity index (χ2n) is 4.69. The zero-order valence-corrected chi connectivity index (χ0v) is 11.6. The van der Waals surface area contributed by atoms with Crippen molar-refractivity contribution in [3.05, 3.63) is 47.9 Å². The molecule has 1 aromatic carbocycles. The third-order valence-corrected chi connectivity index (χ3v) is 3.47. The summed E-state index contributed by atoms with van der Waals surface area (Å²) in [4.78, 5) is 9.00. The van der Waals surface area contributed by atoms with Gasteiger partial charge in [0.25, 0.3) is 0 Å². The van der Waals surface area contributed by atoms with E-state index in [1.807, 2.05) is 12.3 Å². The van der Waals surface area contributed by atoms with Gasteiger partial charge in [-0.1, -0.05) is 38.1 Å². The highest BCUT2D eigenvalue weighted by molar-refractivity contribution is 5.59. The zero-order chi connectivity index (χ0) is 13.7. The maximum Gasteiger partial charge on any atom is 0.133 e. The van der Waals surface area contributed by atoms with Gasteiger partial charge in [-0.25, -0.2) is 9.97 Å². The molecular weight excluding hydrogens is 234 g/mol. The minimum absolute atomic E-state index is 0.245. The Bertz CT molecular complexity index is 516. The molecule has 0 aliphatic carbocycles. The third-order valence-electron chi connectivity index (χ3n) is 3.47. The molecule has 0 bridgehead atoms. The lowest BCUT2D eigenvalue weighted by molar-refractivity contribution is 0.631. The van der Waals surface area contributed by atoms with Crippen LogP contribution in [0.3, 0.4) is 0 Å².